The van der Waals surface area contributed by atoms with Gasteiger partial charge in [-0.25, -0.2) is 13.4 Å². The summed E-state index contributed by atoms with van der Waals surface area (Å²) in [6.07, 6.45) is 6.60. The van der Waals surface area contributed by atoms with Gasteiger partial charge in [0.05, 0.1) is 22.6 Å². The summed E-state index contributed by atoms with van der Waals surface area (Å²) in [4.78, 5) is 22.5. The average Bonchev–Trinajstić information content (AvgIpc) is 3.41. The van der Waals surface area contributed by atoms with E-state index >= 15 is 0 Å². The summed E-state index contributed by atoms with van der Waals surface area (Å²) in [5.41, 5.74) is 1.12. The number of aryl methyl sites for hydroxylation is 2. The molecule has 0 saturated carbocycles. The Bertz CT molecular complexity index is 1320. The van der Waals surface area contributed by atoms with Crippen molar-refractivity contribution in [2.75, 3.05) is 11.5 Å². The third-order valence-electron chi connectivity index (χ3n) is 5.87. The van der Waals surface area contributed by atoms with Crippen LogP contribution in [-0.2, 0) is 35.0 Å². The molecule has 31 heavy (non-hydrogen) atoms. The van der Waals surface area contributed by atoms with E-state index in [0.717, 1.165) is 29.5 Å². The number of thioether (sulfide) groups is 1. The van der Waals surface area contributed by atoms with Crippen molar-refractivity contribution in [1.29, 1.82) is 0 Å². The van der Waals surface area contributed by atoms with Crippen LogP contribution in [0.25, 0.3) is 10.2 Å². The predicted octanol–water partition coefficient (Wildman–Crippen LogP) is 2.84. The quantitative estimate of drug-likeness (QED) is 0.429. The number of nitrogens with zero attached hydrogens (tertiary/aromatic N) is 4. The number of allylic oxidation sites excluding steroid dienone is 1. The van der Waals surface area contributed by atoms with Gasteiger partial charge in [0.25, 0.3) is 5.56 Å². The molecule has 0 radical (unpaired) electrons. The number of H-pyrrole nitrogens is 1. The minimum atomic E-state index is -3.01. The maximum absolute atomic E-state index is 12.8. The summed E-state index contributed by atoms with van der Waals surface area (Å²) in [5, 5.41) is 10.0. The molecule has 0 spiro atoms. The summed E-state index contributed by atoms with van der Waals surface area (Å²) in [6, 6.07) is 0. The van der Waals surface area contributed by atoms with E-state index in [1.54, 1.807) is 17.4 Å². The first-order chi connectivity index (χ1) is 14.9. The fourth-order valence-corrected chi connectivity index (χ4v) is 8.26. The third kappa shape index (κ3) is 3.98. The van der Waals surface area contributed by atoms with Crippen LogP contribution in [0.2, 0.25) is 0 Å². The van der Waals surface area contributed by atoms with Crippen molar-refractivity contribution in [1.82, 2.24) is 24.7 Å². The molecular formula is C20H23N5O3S3. The zero-order valence-corrected chi connectivity index (χ0v) is 19.4. The lowest BCUT2D eigenvalue weighted by Gasteiger charge is -2.11. The standard InChI is InChI=1S/C20H23N5O3S3/c1-2-8-25-17(12-7-9-31(27,28)11-12)23-24-20(25)29-10-15-21-18(26)16-13-5-3-4-6-14(13)30-19(16)22-15/h2,12H,1,3-11H2,(H,21,22,26). The highest BCUT2D eigenvalue weighted by molar-refractivity contribution is 7.98. The average molecular weight is 478 g/mol. The van der Waals surface area contributed by atoms with Crippen LogP contribution in [0.15, 0.2) is 22.6 Å². The first kappa shape index (κ1) is 20.9. The van der Waals surface area contributed by atoms with Crippen molar-refractivity contribution in [3.8, 4) is 0 Å². The van der Waals surface area contributed by atoms with Gasteiger partial charge in [-0.15, -0.1) is 28.1 Å². The van der Waals surface area contributed by atoms with Crippen molar-refractivity contribution >= 4 is 43.2 Å². The molecule has 0 aromatic carbocycles. The van der Waals surface area contributed by atoms with Gasteiger partial charge in [0, 0.05) is 17.3 Å². The Balaban J connectivity index is 1.40. The van der Waals surface area contributed by atoms with E-state index in [4.69, 9.17) is 4.98 Å². The molecule has 1 saturated heterocycles. The van der Waals surface area contributed by atoms with Crippen molar-refractivity contribution in [3.63, 3.8) is 0 Å². The summed E-state index contributed by atoms with van der Waals surface area (Å²) >= 11 is 3.07. The summed E-state index contributed by atoms with van der Waals surface area (Å²) in [5.74, 6) is 1.91. The minimum Gasteiger partial charge on any atom is -0.309 e. The minimum absolute atomic E-state index is 0.0654. The normalized spacial score (nSPS) is 20.2. The molecule has 164 valence electrons. The SMILES string of the molecule is C=CCn1c(SCc2nc3sc4c(c3c(=O)[nH]2)CCCC4)nnc1C1CCS(=O)(=O)C1. The number of nitrogens with one attached hydrogen (secondary N) is 1. The highest BCUT2D eigenvalue weighted by Gasteiger charge is 2.33. The number of rotatable bonds is 6. The number of thiophene rings is 1. The molecule has 1 fully saturated rings. The van der Waals surface area contributed by atoms with Crippen molar-refractivity contribution < 1.29 is 8.42 Å². The summed E-state index contributed by atoms with van der Waals surface area (Å²) in [7, 11) is -3.01. The van der Waals surface area contributed by atoms with Crippen molar-refractivity contribution in [2.24, 2.45) is 0 Å². The monoisotopic (exact) mass is 477 g/mol. The van der Waals surface area contributed by atoms with Gasteiger partial charge in [-0.1, -0.05) is 17.8 Å². The van der Waals surface area contributed by atoms with E-state index in [9.17, 15) is 13.2 Å². The highest BCUT2D eigenvalue weighted by Crippen LogP contribution is 2.34. The number of sulfone groups is 1. The highest BCUT2D eigenvalue weighted by atomic mass is 32.2. The van der Waals surface area contributed by atoms with E-state index in [-0.39, 0.29) is 23.0 Å². The number of aromatic amines is 1. The lowest BCUT2D eigenvalue weighted by molar-refractivity contribution is 0.597. The summed E-state index contributed by atoms with van der Waals surface area (Å²) < 4.78 is 25.7. The van der Waals surface area contributed by atoms with Crippen LogP contribution >= 0.6 is 23.1 Å². The van der Waals surface area contributed by atoms with Crippen LogP contribution < -0.4 is 5.56 Å². The second-order valence-electron chi connectivity index (χ2n) is 8.03. The van der Waals surface area contributed by atoms with E-state index in [1.165, 1.54) is 28.6 Å². The molecule has 0 bridgehead atoms. The molecule has 3 aromatic rings. The molecule has 1 aliphatic carbocycles. The van der Waals surface area contributed by atoms with Gasteiger partial charge in [-0.3, -0.25) is 4.79 Å². The Morgan fingerprint density at radius 2 is 2.13 bits per heavy atom. The fourth-order valence-electron chi connectivity index (χ4n) is 4.42. The van der Waals surface area contributed by atoms with Gasteiger partial charge in [-0.05, 0) is 37.7 Å². The summed E-state index contributed by atoms with van der Waals surface area (Å²) in [6.45, 7) is 4.31. The molecule has 8 nitrogen and oxygen atoms in total. The van der Waals surface area contributed by atoms with E-state index in [0.29, 0.717) is 35.5 Å². The number of hydrogen-bond acceptors (Lipinski definition) is 8. The van der Waals surface area contributed by atoms with Crippen LogP contribution in [0.3, 0.4) is 0 Å². The van der Waals surface area contributed by atoms with Gasteiger partial charge >= 0.3 is 0 Å². The lowest BCUT2D eigenvalue weighted by Crippen LogP contribution is -2.13. The number of aromatic nitrogens is 5. The molecule has 1 aliphatic heterocycles. The smallest absolute Gasteiger partial charge is 0.259 e. The molecule has 2 aliphatic rings. The van der Waals surface area contributed by atoms with Crippen molar-refractivity contribution in [3.05, 3.63) is 45.1 Å². The Morgan fingerprint density at radius 1 is 1.29 bits per heavy atom. The van der Waals surface area contributed by atoms with Gasteiger partial charge < -0.3 is 9.55 Å². The van der Waals surface area contributed by atoms with Gasteiger partial charge in [0.1, 0.15) is 16.5 Å². The molecule has 1 N–H and O–H groups in total. The van der Waals surface area contributed by atoms with Crippen LogP contribution in [0, 0.1) is 0 Å². The molecular weight excluding hydrogens is 454 g/mol. The predicted molar refractivity (Wildman–Crippen MR) is 123 cm³/mol. The van der Waals surface area contributed by atoms with E-state index in [2.05, 4.69) is 21.8 Å². The Hall–Kier alpha value is -1.98. The molecule has 1 atom stereocenters. The van der Waals surface area contributed by atoms with Crippen LogP contribution in [0.1, 0.15) is 47.3 Å². The maximum atomic E-state index is 12.8. The topological polar surface area (TPSA) is 111 Å². The van der Waals surface area contributed by atoms with Gasteiger partial charge in [0.15, 0.2) is 15.0 Å². The number of hydrogen-bond donors (Lipinski definition) is 1. The first-order valence-electron chi connectivity index (χ1n) is 10.4. The molecule has 1 unspecified atom stereocenters. The molecule has 11 heteroatoms. The van der Waals surface area contributed by atoms with Gasteiger partial charge in [-0.2, -0.15) is 0 Å². The lowest BCUT2D eigenvalue weighted by atomic mass is 9.97. The fraction of sp³-hybridized carbons (Fsp3) is 0.500. The van der Waals surface area contributed by atoms with Crippen LogP contribution in [-0.4, -0.2) is 44.7 Å². The van der Waals surface area contributed by atoms with E-state index < -0.39 is 9.84 Å². The second kappa shape index (κ2) is 8.18. The molecule has 4 heterocycles. The van der Waals surface area contributed by atoms with Gasteiger partial charge in [0.2, 0.25) is 0 Å². The Labute approximate surface area is 188 Å². The number of fused-ring (bicyclic) bond motifs is 3. The zero-order chi connectivity index (χ0) is 21.6. The first-order valence-corrected chi connectivity index (χ1v) is 14.0. The molecule has 0 amide bonds. The van der Waals surface area contributed by atoms with Crippen LogP contribution in [0.5, 0.6) is 0 Å². The van der Waals surface area contributed by atoms with Crippen molar-refractivity contribution in [2.45, 2.75) is 55.5 Å². The zero-order valence-electron chi connectivity index (χ0n) is 17.0. The Morgan fingerprint density at radius 3 is 2.90 bits per heavy atom. The second-order valence-corrected chi connectivity index (χ2v) is 12.3. The Kier molecular flexibility index (Phi) is 5.51. The maximum Gasteiger partial charge on any atom is 0.259 e. The van der Waals surface area contributed by atoms with E-state index in [1.807, 2.05) is 4.57 Å². The largest absolute Gasteiger partial charge is 0.309 e. The third-order valence-corrected chi connectivity index (χ3v) is 9.80. The van der Waals surface area contributed by atoms with Crippen LogP contribution in [0.4, 0.5) is 0 Å². The molecule has 5 rings (SSSR count). The molecule has 3 aromatic heterocycles.